The number of halogens is 3. The number of benzene rings is 2. The molecule has 0 unspecified atom stereocenters. The van der Waals surface area contributed by atoms with Crippen LogP contribution in [-0.2, 0) is 9.53 Å². The SMILES string of the molecule is Cc1c(Oc2c(F)cc(F)cc2F)ccc(NC(=O)c2csc(-c3ccnnc3)n2)c1N1CCC[C@@H](CCC(=O)OC(C)(C)C)C1. The number of carbonyl (C=O) groups is 2. The molecule has 1 aliphatic heterocycles. The van der Waals surface area contributed by atoms with Gasteiger partial charge in [-0.05, 0) is 71.1 Å². The molecule has 3 heterocycles. The highest BCUT2D eigenvalue weighted by Crippen LogP contribution is 2.41. The number of amides is 1. The van der Waals surface area contributed by atoms with E-state index in [0.717, 1.165) is 18.4 Å². The summed E-state index contributed by atoms with van der Waals surface area (Å²) in [5.41, 5.74) is 1.91. The molecular weight excluding hydrogens is 619 g/mol. The number of esters is 1. The zero-order chi connectivity index (χ0) is 33.0. The molecule has 5 rings (SSSR count). The Kier molecular flexibility index (Phi) is 9.90. The van der Waals surface area contributed by atoms with Crippen molar-refractivity contribution in [2.75, 3.05) is 23.3 Å². The van der Waals surface area contributed by atoms with Crippen molar-refractivity contribution in [3.05, 3.63) is 76.8 Å². The Balaban J connectivity index is 1.43. The van der Waals surface area contributed by atoms with Crippen molar-refractivity contribution in [1.82, 2.24) is 15.2 Å². The fourth-order valence-electron chi connectivity index (χ4n) is 5.37. The predicted octanol–water partition coefficient (Wildman–Crippen LogP) is 7.71. The lowest BCUT2D eigenvalue weighted by Gasteiger charge is -2.37. The summed E-state index contributed by atoms with van der Waals surface area (Å²) in [6.45, 7) is 8.39. The first-order chi connectivity index (χ1) is 21.9. The highest BCUT2D eigenvalue weighted by atomic mass is 32.1. The second-order valence-corrected chi connectivity index (χ2v) is 12.9. The molecule has 0 spiro atoms. The monoisotopic (exact) mass is 653 g/mol. The van der Waals surface area contributed by atoms with Crippen molar-refractivity contribution in [2.24, 2.45) is 5.92 Å². The van der Waals surface area contributed by atoms with Gasteiger partial charge < -0.3 is 19.7 Å². The second kappa shape index (κ2) is 13.9. The van der Waals surface area contributed by atoms with Gasteiger partial charge in [0.2, 0.25) is 0 Å². The quantitative estimate of drug-likeness (QED) is 0.183. The van der Waals surface area contributed by atoms with Gasteiger partial charge in [-0.1, -0.05) is 0 Å². The summed E-state index contributed by atoms with van der Waals surface area (Å²) in [6.07, 6.45) is 5.69. The van der Waals surface area contributed by atoms with Crippen molar-refractivity contribution >= 4 is 34.6 Å². The molecule has 1 amide bonds. The molecular formula is C33H34F3N5O4S. The average Bonchev–Trinajstić information content (AvgIpc) is 3.50. The molecule has 2 aromatic carbocycles. The normalized spacial score (nSPS) is 15.0. The number of nitrogens with one attached hydrogen (secondary N) is 1. The number of anilines is 2. The number of aromatic nitrogens is 3. The van der Waals surface area contributed by atoms with Gasteiger partial charge in [-0.2, -0.15) is 10.2 Å². The predicted molar refractivity (Wildman–Crippen MR) is 169 cm³/mol. The Hall–Kier alpha value is -4.52. The van der Waals surface area contributed by atoms with E-state index in [9.17, 15) is 22.8 Å². The van der Waals surface area contributed by atoms with E-state index in [1.54, 1.807) is 30.6 Å². The molecule has 1 aliphatic rings. The Morgan fingerprint density at radius 3 is 2.57 bits per heavy atom. The van der Waals surface area contributed by atoms with Crippen LogP contribution in [0.15, 0.2) is 48.1 Å². The van der Waals surface area contributed by atoms with E-state index in [4.69, 9.17) is 9.47 Å². The fraction of sp³-hybridized carbons (Fsp3) is 0.364. The van der Waals surface area contributed by atoms with Gasteiger partial charge in [0, 0.05) is 48.2 Å². The van der Waals surface area contributed by atoms with Crippen molar-refractivity contribution in [2.45, 2.75) is 59.0 Å². The standard InChI is InChI=1S/C33H34F3N5O4S/c1-19-27(44-30-23(35)14-22(34)15-24(30)36)9-8-25(39-31(43)26-18-46-32(40-26)21-11-12-37-38-16-21)29(19)41-13-5-6-20(17-41)7-10-28(42)45-33(2,3)4/h8-9,11-12,14-16,18,20H,5-7,10,13,17H2,1-4H3,(H,39,43)/t20-/m0/s1. The molecule has 0 bridgehead atoms. The van der Waals surface area contributed by atoms with Gasteiger partial charge in [0.25, 0.3) is 5.91 Å². The van der Waals surface area contributed by atoms with Crippen molar-refractivity contribution in [3.8, 4) is 22.1 Å². The van der Waals surface area contributed by atoms with Crippen LogP contribution in [0.3, 0.4) is 0 Å². The minimum atomic E-state index is -1.18. The van der Waals surface area contributed by atoms with E-state index in [0.29, 0.717) is 53.6 Å². The summed E-state index contributed by atoms with van der Waals surface area (Å²) in [5, 5.41) is 12.8. The van der Waals surface area contributed by atoms with Gasteiger partial charge in [0.1, 0.15) is 27.9 Å². The van der Waals surface area contributed by atoms with E-state index in [1.807, 2.05) is 20.8 Å². The van der Waals surface area contributed by atoms with E-state index >= 15 is 0 Å². The molecule has 242 valence electrons. The highest BCUT2D eigenvalue weighted by Gasteiger charge is 2.28. The number of hydrogen-bond donors (Lipinski definition) is 1. The maximum atomic E-state index is 14.5. The smallest absolute Gasteiger partial charge is 0.306 e. The molecule has 1 atom stereocenters. The molecule has 1 fully saturated rings. The first-order valence-electron chi connectivity index (χ1n) is 14.8. The summed E-state index contributed by atoms with van der Waals surface area (Å²) in [7, 11) is 0. The topological polar surface area (TPSA) is 107 Å². The van der Waals surface area contributed by atoms with Gasteiger partial charge in [0.15, 0.2) is 17.4 Å². The van der Waals surface area contributed by atoms with E-state index in [-0.39, 0.29) is 29.8 Å². The molecule has 0 saturated carbocycles. The third-order valence-electron chi connectivity index (χ3n) is 7.38. The molecule has 2 aromatic heterocycles. The Bertz CT molecular complexity index is 1710. The summed E-state index contributed by atoms with van der Waals surface area (Å²) >= 11 is 1.29. The number of carbonyl (C=O) groups excluding carboxylic acids is 2. The number of hydrogen-bond acceptors (Lipinski definition) is 9. The summed E-state index contributed by atoms with van der Waals surface area (Å²) in [6, 6.07) is 5.94. The van der Waals surface area contributed by atoms with Gasteiger partial charge in [-0.3, -0.25) is 9.59 Å². The van der Waals surface area contributed by atoms with Crippen molar-refractivity contribution < 1.29 is 32.2 Å². The molecule has 4 aromatic rings. The third-order valence-corrected chi connectivity index (χ3v) is 8.28. The Morgan fingerprint density at radius 2 is 1.87 bits per heavy atom. The van der Waals surface area contributed by atoms with Crippen molar-refractivity contribution in [3.63, 3.8) is 0 Å². The summed E-state index contributed by atoms with van der Waals surface area (Å²) in [4.78, 5) is 32.4. The average molecular weight is 654 g/mol. The molecule has 0 radical (unpaired) electrons. The third kappa shape index (κ3) is 8.00. The van der Waals surface area contributed by atoms with Gasteiger partial charge in [-0.15, -0.1) is 11.3 Å². The van der Waals surface area contributed by atoms with Crippen LogP contribution in [-0.4, -0.2) is 45.7 Å². The molecule has 1 N–H and O–H groups in total. The van der Waals surface area contributed by atoms with Crippen LogP contribution >= 0.6 is 11.3 Å². The number of nitrogens with zero attached hydrogens (tertiary/aromatic N) is 4. The summed E-state index contributed by atoms with van der Waals surface area (Å²) < 4.78 is 53.8. The molecule has 0 aliphatic carbocycles. The van der Waals surface area contributed by atoms with Crippen LogP contribution in [0, 0.1) is 30.3 Å². The molecule has 46 heavy (non-hydrogen) atoms. The lowest BCUT2D eigenvalue weighted by molar-refractivity contribution is -0.155. The van der Waals surface area contributed by atoms with Crippen LogP contribution in [0.2, 0.25) is 0 Å². The van der Waals surface area contributed by atoms with Crippen LogP contribution in [0.25, 0.3) is 10.6 Å². The van der Waals surface area contributed by atoms with Gasteiger partial charge in [0.05, 0.1) is 23.8 Å². The zero-order valence-corrected chi connectivity index (χ0v) is 26.7. The van der Waals surface area contributed by atoms with Crippen LogP contribution in [0.4, 0.5) is 24.5 Å². The molecule has 13 heteroatoms. The second-order valence-electron chi connectivity index (χ2n) is 12.1. The van der Waals surface area contributed by atoms with E-state index < -0.39 is 34.7 Å². The number of piperidine rings is 1. The van der Waals surface area contributed by atoms with Gasteiger partial charge in [-0.25, -0.2) is 18.2 Å². The lowest BCUT2D eigenvalue weighted by Crippen LogP contribution is -2.37. The zero-order valence-electron chi connectivity index (χ0n) is 25.9. The Morgan fingerprint density at radius 1 is 1.11 bits per heavy atom. The minimum absolute atomic E-state index is 0.134. The largest absolute Gasteiger partial charge is 0.460 e. The van der Waals surface area contributed by atoms with Crippen LogP contribution in [0.5, 0.6) is 11.5 Å². The van der Waals surface area contributed by atoms with Crippen molar-refractivity contribution in [1.29, 1.82) is 0 Å². The number of thiazole rings is 1. The lowest BCUT2D eigenvalue weighted by atomic mass is 9.92. The maximum Gasteiger partial charge on any atom is 0.306 e. The van der Waals surface area contributed by atoms with E-state index in [2.05, 4.69) is 25.4 Å². The van der Waals surface area contributed by atoms with Gasteiger partial charge >= 0.3 is 5.97 Å². The fourth-order valence-corrected chi connectivity index (χ4v) is 6.16. The molecule has 9 nitrogen and oxygen atoms in total. The maximum absolute atomic E-state index is 14.5. The van der Waals surface area contributed by atoms with Crippen LogP contribution in [0.1, 0.15) is 62.5 Å². The number of ether oxygens (including phenoxy) is 2. The van der Waals surface area contributed by atoms with Crippen LogP contribution < -0.4 is 15.0 Å². The first kappa shape index (κ1) is 32.9. The minimum Gasteiger partial charge on any atom is -0.460 e. The summed E-state index contributed by atoms with van der Waals surface area (Å²) in [5.74, 6) is -4.59. The Labute approximate surface area is 268 Å². The van der Waals surface area contributed by atoms with E-state index in [1.165, 1.54) is 23.6 Å². The highest BCUT2D eigenvalue weighted by molar-refractivity contribution is 7.13. The molecule has 1 saturated heterocycles. The first-order valence-corrected chi connectivity index (χ1v) is 15.7. The number of rotatable bonds is 9.